The van der Waals surface area contributed by atoms with Gasteiger partial charge in [-0.1, -0.05) is 11.8 Å². The van der Waals surface area contributed by atoms with Gasteiger partial charge in [-0.15, -0.1) is 0 Å². The third-order valence-electron chi connectivity index (χ3n) is 3.96. The summed E-state index contributed by atoms with van der Waals surface area (Å²) in [5.41, 5.74) is 10.1. The van der Waals surface area contributed by atoms with Gasteiger partial charge in [-0.2, -0.15) is 13.2 Å². The van der Waals surface area contributed by atoms with Crippen LogP contribution >= 0.6 is 11.8 Å². The highest BCUT2D eigenvalue weighted by Gasteiger charge is 2.61. The van der Waals surface area contributed by atoms with Crippen LogP contribution < -0.4 is 11.5 Å². The highest BCUT2D eigenvalue weighted by Crippen LogP contribution is 2.51. The van der Waals surface area contributed by atoms with Gasteiger partial charge in [0.05, 0.1) is 6.61 Å². The number of anilines is 1. The molecule has 2 heterocycles. The van der Waals surface area contributed by atoms with Crippen LogP contribution in [0.5, 0.6) is 0 Å². The van der Waals surface area contributed by atoms with E-state index in [1.165, 1.54) is 12.1 Å². The lowest BCUT2D eigenvalue weighted by Crippen LogP contribution is -2.46. The van der Waals surface area contributed by atoms with Crippen LogP contribution in [0.4, 0.5) is 23.2 Å². The second-order valence-electron chi connectivity index (χ2n) is 5.30. The molecule has 0 saturated carbocycles. The fourth-order valence-electron chi connectivity index (χ4n) is 2.97. The average Bonchev–Trinajstić information content (AvgIpc) is 2.80. The number of nitrogens with zero attached hydrogens (tertiary/aromatic N) is 1. The maximum Gasteiger partial charge on any atom is 0.415 e. The van der Waals surface area contributed by atoms with E-state index in [1.807, 2.05) is 0 Å². The zero-order chi connectivity index (χ0) is 16.1. The van der Waals surface area contributed by atoms with Gasteiger partial charge in [0.2, 0.25) is 0 Å². The number of nitrogen functional groups attached to an aromatic ring is 1. The molecule has 1 fully saturated rings. The second-order valence-corrected chi connectivity index (χ2v) is 6.34. The highest BCUT2D eigenvalue weighted by molar-refractivity contribution is 8.13. The molecule has 4 nitrogen and oxygen atoms in total. The molecule has 1 aromatic rings. The Morgan fingerprint density at radius 2 is 2.05 bits per heavy atom. The number of ether oxygens (including phenoxy) is 1. The van der Waals surface area contributed by atoms with Crippen molar-refractivity contribution < 1.29 is 22.3 Å². The Balaban J connectivity index is 2.15. The monoisotopic (exact) mass is 335 g/mol. The minimum Gasteiger partial charge on any atom is -0.399 e. The maximum atomic E-state index is 14.2. The fraction of sp³-hybridized carbons (Fsp3) is 0.462. The molecule has 4 N–H and O–H groups in total. The summed E-state index contributed by atoms with van der Waals surface area (Å²) < 4.78 is 58.7. The lowest BCUT2D eigenvalue weighted by molar-refractivity contribution is -0.215. The van der Waals surface area contributed by atoms with Crippen molar-refractivity contribution in [1.82, 2.24) is 0 Å². The van der Waals surface area contributed by atoms with Crippen LogP contribution in [-0.4, -0.2) is 29.8 Å². The lowest BCUT2D eigenvalue weighted by atomic mass is 9.78. The van der Waals surface area contributed by atoms with E-state index in [4.69, 9.17) is 16.2 Å². The standard InChI is InChI=1S/C13H13F4N3OS/c14-9-2-1-6(18)3-7(9)12-5-21-10(13(15,16)17)8(12)4-22-11(19)20-12/h1-3,8,10H,4-5,18H2,(H2,19,20)/t8-,10+,12-/m1/s1. The molecule has 0 bridgehead atoms. The first kappa shape index (κ1) is 15.4. The number of alkyl halides is 3. The lowest BCUT2D eigenvalue weighted by Gasteiger charge is -2.36. The van der Waals surface area contributed by atoms with E-state index in [0.717, 1.165) is 17.8 Å². The number of benzene rings is 1. The van der Waals surface area contributed by atoms with Crippen molar-refractivity contribution in [2.24, 2.45) is 16.6 Å². The SMILES string of the molecule is NC1=N[C@@]2(c3cc(N)ccc3F)CO[C@H](C(F)(F)F)[C@H]2CS1. The van der Waals surface area contributed by atoms with E-state index >= 15 is 0 Å². The largest absolute Gasteiger partial charge is 0.415 e. The number of hydrogen-bond donors (Lipinski definition) is 2. The topological polar surface area (TPSA) is 73.6 Å². The molecule has 9 heteroatoms. The van der Waals surface area contributed by atoms with E-state index < -0.39 is 29.6 Å². The Morgan fingerprint density at radius 1 is 1.32 bits per heavy atom. The number of rotatable bonds is 1. The number of aliphatic imine (C=N–C) groups is 1. The van der Waals surface area contributed by atoms with Crippen molar-refractivity contribution in [3.8, 4) is 0 Å². The van der Waals surface area contributed by atoms with Crippen LogP contribution in [0.2, 0.25) is 0 Å². The van der Waals surface area contributed by atoms with Gasteiger partial charge in [-0.25, -0.2) is 9.38 Å². The quantitative estimate of drug-likeness (QED) is 0.610. The zero-order valence-corrected chi connectivity index (χ0v) is 12.0. The van der Waals surface area contributed by atoms with Crippen LogP contribution in [0, 0.1) is 11.7 Å². The van der Waals surface area contributed by atoms with Crippen LogP contribution in [0.1, 0.15) is 5.56 Å². The summed E-state index contributed by atoms with van der Waals surface area (Å²) in [6.45, 7) is -0.385. The molecule has 3 atom stereocenters. The number of amidine groups is 1. The number of thioether (sulfide) groups is 1. The first-order valence-electron chi connectivity index (χ1n) is 6.46. The normalized spacial score (nSPS) is 31.7. The minimum absolute atomic E-state index is 0.00694. The smallest absolute Gasteiger partial charge is 0.399 e. The van der Waals surface area contributed by atoms with Gasteiger partial charge >= 0.3 is 6.18 Å². The van der Waals surface area contributed by atoms with Crippen LogP contribution in [0.3, 0.4) is 0 Å². The van der Waals surface area contributed by atoms with Gasteiger partial charge in [-0.05, 0) is 18.2 Å². The van der Waals surface area contributed by atoms with Crippen molar-refractivity contribution in [1.29, 1.82) is 0 Å². The Labute approximate surface area is 127 Å². The Kier molecular flexibility index (Phi) is 3.52. The van der Waals surface area contributed by atoms with Gasteiger partial charge in [0.25, 0.3) is 0 Å². The average molecular weight is 335 g/mol. The van der Waals surface area contributed by atoms with Crippen LogP contribution in [0.15, 0.2) is 23.2 Å². The molecular weight excluding hydrogens is 322 g/mol. The first-order chi connectivity index (χ1) is 10.2. The predicted molar refractivity (Wildman–Crippen MR) is 75.9 cm³/mol. The third-order valence-corrected chi connectivity index (χ3v) is 4.87. The summed E-state index contributed by atoms with van der Waals surface area (Å²) in [5.74, 6) is -1.68. The molecule has 120 valence electrons. The number of nitrogens with two attached hydrogens (primary N) is 2. The van der Waals surface area contributed by atoms with Gasteiger partial charge in [0.1, 0.15) is 11.4 Å². The van der Waals surface area contributed by atoms with E-state index in [-0.39, 0.29) is 28.8 Å². The van der Waals surface area contributed by atoms with Crippen molar-refractivity contribution >= 4 is 22.6 Å². The summed E-state index contributed by atoms with van der Waals surface area (Å²) in [7, 11) is 0. The summed E-state index contributed by atoms with van der Waals surface area (Å²) in [5, 5.41) is 0.115. The van der Waals surface area contributed by atoms with Crippen molar-refractivity contribution in [3.05, 3.63) is 29.6 Å². The Hall–Kier alpha value is -1.48. The molecule has 0 aromatic heterocycles. The van der Waals surface area contributed by atoms with E-state index in [2.05, 4.69) is 4.99 Å². The molecular formula is C13H13F4N3OS. The van der Waals surface area contributed by atoms with E-state index in [0.29, 0.717) is 0 Å². The molecule has 1 saturated heterocycles. The number of hydrogen-bond acceptors (Lipinski definition) is 5. The Bertz CT molecular complexity index is 636. The summed E-state index contributed by atoms with van der Waals surface area (Å²) in [6, 6.07) is 3.76. The van der Waals surface area contributed by atoms with Gasteiger partial charge < -0.3 is 16.2 Å². The molecule has 2 aliphatic rings. The van der Waals surface area contributed by atoms with Gasteiger partial charge in [0, 0.05) is 22.9 Å². The number of halogens is 4. The van der Waals surface area contributed by atoms with Crippen molar-refractivity contribution in [2.75, 3.05) is 18.1 Å². The summed E-state index contributed by atoms with van der Waals surface area (Å²) in [6.07, 6.45) is -6.55. The zero-order valence-electron chi connectivity index (χ0n) is 11.2. The summed E-state index contributed by atoms with van der Waals surface area (Å²) in [4.78, 5) is 4.15. The molecule has 0 aliphatic carbocycles. The molecule has 0 spiro atoms. The summed E-state index contributed by atoms with van der Waals surface area (Å²) >= 11 is 1.01. The molecule has 0 unspecified atom stereocenters. The van der Waals surface area contributed by atoms with E-state index in [1.54, 1.807) is 0 Å². The highest BCUT2D eigenvalue weighted by atomic mass is 32.2. The molecule has 22 heavy (non-hydrogen) atoms. The number of fused-ring (bicyclic) bond motifs is 1. The molecule has 2 aliphatic heterocycles. The molecule has 1 aromatic carbocycles. The Morgan fingerprint density at radius 3 is 2.73 bits per heavy atom. The third kappa shape index (κ3) is 2.32. The maximum absolute atomic E-state index is 14.2. The van der Waals surface area contributed by atoms with Gasteiger partial charge in [0.15, 0.2) is 11.3 Å². The van der Waals surface area contributed by atoms with Crippen LogP contribution in [-0.2, 0) is 10.3 Å². The van der Waals surface area contributed by atoms with Crippen LogP contribution in [0.25, 0.3) is 0 Å². The van der Waals surface area contributed by atoms with Crippen molar-refractivity contribution in [2.45, 2.75) is 17.8 Å². The molecule has 3 rings (SSSR count). The van der Waals surface area contributed by atoms with Crippen molar-refractivity contribution in [3.63, 3.8) is 0 Å². The molecule has 0 amide bonds. The predicted octanol–water partition coefficient (Wildman–Crippen LogP) is 2.24. The second kappa shape index (κ2) is 5.02. The first-order valence-corrected chi connectivity index (χ1v) is 7.44. The molecule has 0 radical (unpaired) electrons. The van der Waals surface area contributed by atoms with Gasteiger partial charge in [-0.3, -0.25) is 0 Å². The fourth-order valence-corrected chi connectivity index (χ4v) is 4.00. The minimum atomic E-state index is -4.55. The van der Waals surface area contributed by atoms with E-state index in [9.17, 15) is 17.6 Å².